The summed E-state index contributed by atoms with van der Waals surface area (Å²) in [6.07, 6.45) is 7.80. The Kier molecular flexibility index (Phi) is 7.26. The summed E-state index contributed by atoms with van der Waals surface area (Å²) in [6.45, 7) is 4.11. The van der Waals surface area contributed by atoms with Crippen molar-refractivity contribution in [3.63, 3.8) is 0 Å². The number of unbranched alkanes of at least 4 members (excludes halogenated alkanes) is 2. The Labute approximate surface area is 69.3 Å². The van der Waals surface area contributed by atoms with E-state index in [2.05, 4.69) is 18.3 Å². The van der Waals surface area contributed by atoms with E-state index in [1.807, 2.05) is 13.1 Å². The maximum atomic E-state index is 9.05. The van der Waals surface area contributed by atoms with Crippen LogP contribution in [0.5, 0.6) is 0 Å². The molecular weight excluding hydrogens is 138 g/mol. The van der Waals surface area contributed by atoms with Gasteiger partial charge in [0.25, 0.3) is 0 Å². The average molecular weight is 157 g/mol. The molecule has 0 aromatic rings. The second-order valence-electron chi connectivity index (χ2n) is 2.64. The molecule has 0 aromatic carbocycles. The molecule has 0 aromatic heterocycles. The van der Waals surface area contributed by atoms with Crippen LogP contribution in [0.2, 0.25) is 0 Å². The lowest BCUT2D eigenvalue weighted by molar-refractivity contribution is 0.149. The third-order valence-electron chi connectivity index (χ3n) is 1.52. The highest BCUT2D eigenvalue weighted by Crippen LogP contribution is 1.94. The Morgan fingerprint density at radius 2 is 2.18 bits per heavy atom. The number of hydrogen-bond acceptors (Lipinski definition) is 2. The minimum absolute atomic E-state index is 0.382. The second kappa shape index (κ2) is 7.61. The fourth-order valence-corrected chi connectivity index (χ4v) is 0.702. The topological polar surface area (TPSA) is 32.3 Å². The van der Waals surface area contributed by atoms with E-state index >= 15 is 0 Å². The summed E-state index contributed by atoms with van der Waals surface area (Å²) >= 11 is 0. The Morgan fingerprint density at radius 3 is 2.73 bits per heavy atom. The molecule has 0 rings (SSSR count). The molecule has 0 radical (unpaired) electrons. The van der Waals surface area contributed by atoms with Gasteiger partial charge >= 0.3 is 0 Å². The standard InChI is InChI=1S/C9H19NO/c1-3-5-6-7-8-10-9(11)4-2/h7-11H,3-6H2,1-2H3. The van der Waals surface area contributed by atoms with Crippen LogP contribution in [0.15, 0.2) is 12.3 Å². The molecule has 0 saturated carbocycles. The molecule has 0 amide bonds. The van der Waals surface area contributed by atoms with Crippen molar-refractivity contribution in [1.29, 1.82) is 0 Å². The van der Waals surface area contributed by atoms with Crippen LogP contribution in [0, 0.1) is 0 Å². The lowest BCUT2D eigenvalue weighted by Crippen LogP contribution is -2.21. The van der Waals surface area contributed by atoms with Crippen LogP contribution in [0.4, 0.5) is 0 Å². The molecule has 2 heteroatoms. The fraction of sp³-hybridized carbons (Fsp3) is 0.778. The summed E-state index contributed by atoms with van der Waals surface area (Å²) in [4.78, 5) is 0. The van der Waals surface area contributed by atoms with Crippen LogP contribution in [-0.4, -0.2) is 11.3 Å². The highest BCUT2D eigenvalue weighted by Gasteiger charge is 1.91. The molecule has 0 spiro atoms. The summed E-state index contributed by atoms with van der Waals surface area (Å²) in [5.41, 5.74) is 0. The third-order valence-corrected chi connectivity index (χ3v) is 1.52. The number of rotatable bonds is 6. The van der Waals surface area contributed by atoms with Crippen LogP contribution < -0.4 is 5.32 Å². The molecular formula is C9H19NO. The third kappa shape index (κ3) is 7.40. The monoisotopic (exact) mass is 157 g/mol. The van der Waals surface area contributed by atoms with E-state index in [1.165, 1.54) is 12.8 Å². The van der Waals surface area contributed by atoms with E-state index in [9.17, 15) is 0 Å². The fourth-order valence-electron chi connectivity index (χ4n) is 0.702. The number of hydrogen-bond donors (Lipinski definition) is 2. The molecule has 0 saturated heterocycles. The first-order valence-electron chi connectivity index (χ1n) is 4.40. The summed E-state index contributed by atoms with van der Waals surface area (Å²) in [7, 11) is 0. The van der Waals surface area contributed by atoms with Gasteiger partial charge in [-0.1, -0.05) is 32.8 Å². The summed E-state index contributed by atoms with van der Waals surface area (Å²) < 4.78 is 0. The van der Waals surface area contributed by atoms with E-state index in [0.717, 1.165) is 12.8 Å². The molecule has 0 fully saturated rings. The van der Waals surface area contributed by atoms with Crippen molar-refractivity contribution in [2.45, 2.75) is 45.8 Å². The molecule has 1 atom stereocenters. The summed E-state index contributed by atoms with van der Waals surface area (Å²) in [5, 5.41) is 11.9. The number of nitrogens with one attached hydrogen (secondary N) is 1. The Bertz CT molecular complexity index is 102. The molecule has 0 heterocycles. The molecule has 0 bridgehead atoms. The van der Waals surface area contributed by atoms with Crippen molar-refractivity contribution in [1.82, 2.24) is 5.32 Å². The van der Waals surface area contributed by atoms with E-state index in [1.54, 1.807) is 0 Å². The Hall–Kier alpha value is -0.500. The SMILES string of the molecule is CCCCC=CNC(O)CC. The van der Waals surface area contributed by atoms with Crippen molar-refractivity contribution in [3.8, 4) is 0 Å². The maximum absolute atomic E-state index is 9.05. The number of aliphatic hydroxyl groups is 1. The molecule has 0 aliphatic heterocycles. The van der Waals surface area contributed by atoms with Gasteiger partial charge in [0.1, 0.15) is 6.23 Å². The molecule has 11 heavy (non-hydrogen) atoms. The molecule has 66 valence electrons. The van der Waals surface area contributed by atoms with E-state index in [-0.39, 0.29) is 6.23 Å². The van der Waals surface area contributed by atoms with E-state index in [0.29, 0.717) is 0 Å². The van der Waals surface area contributed by atoms with Crippen molar-refractivity contribution >= 4 is 0 Å². The molecule has 2 nitrogen and oxygen atoms in total. The quantitative estimate of drug-likeness (QED) is 0.456. The predicted octanol–water partition coefficient (Wildman–Crippen LogP) is 2.01. The lowest BCUT2D eigenvalue weighted by atomic mass is 10.2. The zero-order valence-corrected chi connectivity index (χ0v) is 7.51. The first kappa shape index (κ1) is 10.5. The number of allylic oxidation sites excluding steroid dienone is 1. The van der Waals surface area contributed by atoms with Crippen molar-refractivity contribution in [2.24, 2.45) is 0 Å². The maximum Gasteiger partial charge on any atom is 0.123 e. The van der Waals surface area contributed by atoms with Gasteiger partial charge in [-0.25, -0.2) is 0 Å². The molecule has 2 N–H and O–H groups in total. The first-order chi connectivity index (χ1) is 5.31. The van der Waals surface area contributed by atoms with Crippen LogP contribution in [0.25, 0.3) is 0 Å². The Balaban J connectivity index is 3.15. The normalized spacial score (nSPS) is 13.7. The molecule has 0 aliphatic carbocycles. The average Bonchev–Trinajstić information content (AvgIpc) is 2.04. The van der Waals surface area contributed by atoms with E-state index in [4.69, 9.17) is 5.11 Å². The summed E-state index contributed by atoms with van der Waals surface area (Å²) in [6, 6.07) is 0. The van der Waals surface area contributed by atoms with Gasteiger partial charge in [-0.2, -0.15) is 0 Å². The lowest BCUT2D eigenvalue weighted by Gasteiger charge is -2.05. The van der Waals surface area contributed by atoms with Gasteiger partial charge in [-0.15, -0.1) is 0 Å². The highest BCUT2D eigenvalue weighted by atomic mass is 16.3. The largest absolute Gasteiger partial charge is 0.374 e. The zero-order chi connectivity index (χ0) is 8.53. The Morgan fingerprint density at radius 1 is 1.45 bits per heavy atom. The highest BCUT2D eigenvalue weighted by molar-refractivity contribution is 4.79. The minimum atomic E-state index is -0.382. The first-order valence-corrected chi connectivity index (χ1v) is 4.40. The van der Waals surface area contributed by atoms with Crippen LogP contribution in [0.3, 0.4) is 0 Å². The van der Waals surface area contributed by atoms with Gasteiger partial charge < -0.3 is 10.4 Å². The van der Waals surface area contributed by atoms with Gasteiger partial charge in [0.05, 0.1) is 0 Å². The van der Waals surface area contributed by atoms with Gasteiger partial charge in [-0.05, 0) is 19.0 Å². The van der Waals surface area contributed by atoms with Crippen LogP contribution >= 0.6 is 0 Å². The number of aliphatic hydroxyl groups excluding tert-OH is 1. The van der Waals surface area contributed by atoms with Crippen molar-refractivity contribution in [2.75, 3.05) is 0 Å². The van der Waals surface area contributed by atoms with Crippen molar-refractivity contribution in [3.05, 3.63) is 12.3 Å². The van der Waals surface area contributed by atoms with Crippen LogP contribution in [-0.2, 0) is 0 Å². The smallest absolute Gasteiger partial charge is 0.123 e. The van der Waals surface area contributed by atoms with Gasteiger partial charge in [-0.3, -0.25) is 0 Å². The van der Waals surface area contributed by atoms with Crippen molar-refractivity contribution < 1.29 is 5.11 Å². The zero-order valence-electron chi connectivity index (χ0n) is 7.51. The molecule has 0 aliphatic rings. The van der Waals surface area contributed by atoms with E-state index < -0.39 is 0 Å². The summed E-state index contributed by atoms with van der Waals surface area (Å²) in [5.74, 6) is 0. The van der Waals surface area contributed by atoms with Gasteiger partial charge in [0.15, 0.2) is 0 Å². The minimum Gasteiger partial charge on any atom is -0.374 e. The molecule has 1 unspecified atom stereocenters. The van der Waals surface area contributed by atoms with Gasteiger partial charge in [0, 0.05) is 0 Å². The second-order valence-corrected chi connectivity index (χ2v) is 2.64. The van der Waals surface area contributed by atoms with Crippen LogP contribution in [0.1, 0.15) is 39.5 Å². The van der Waals surface area contributed by atoms with Gasteiger partial charge in [0.2, 0.25) is 0 Å². The predicted molar refractivity (Wildman–Crippen MR) is 48.1 cm³/mol.